The van der Waals surface area contributed by atoms with Gasteiger partial charge in [0.05, 0.1) is 8.06 Å². The Labute approximate surface area is 74.1 Å². The molecule has 0 radical (unpaired) electrons. The van der Waals surface area contributed by atoms with Crippen molar-refractivity contribution in [2.75, 3.05) is 0 Å². The zero-order valence-electron chi connectivity index (χ0n) is 4.21. The third-order valence-corrected chi connectivity index (χ3v) is 1.97. The molecular weight excluding hydrogens is 298 g/mol. The molecule has 0 aromatic heterocycles. The molecule has 1 aliphatic carbocycles. The molecule has 46 valence electrons. The van der Waals surface area contributed by atoms with E-state index in [4.69, 9.17) is 0 Å². The van der Waals surface area contributed by atoms with Gasteiger partial charge in [0.1, 0.15) is 0 Å². The Morgan fingerprint density at radius 1 is 1.56 bits per heavy atom. The van der Waals surface area contributed by atoms with Crippen molar-refractivity contribution in [1.82, 2.24) is 0 Å². The van der Waals surface area contributed by atoms with Crippen LogP contribution in [0, 0.1) is 0 Å². The summed E-state index contributed by atoms with van der Waals surface area (Å²) in [5.74, 6) is -0.348. The summed E-state index contributed by atoms with van der Waals surface area (Å²) < 4.78 is 13.7. The Balaban J connectivity index is 3.23. The van der Waals surface area contributed by atoms with E-state index in [0.717, 1.165) is 4.48 Å². The lowest BCUT2D eigenvalue weighted by Crippen LogP contribution is -1.73. The summed E-state index contributed by atoms with van der Waals surface area (Å²) >= 11 is 5.03. The van der Waals surface area contributed by atoms with Crippen molar-refractivity contribution in [2.45, 2.75) is 0 Å². The maximum Gasteiger partial charge on any atom is 0.186 e. The molecule has 0 aliphatic heterocycles. The molecule has 0 fully saturated rings. The molecule has 0 aromatic rings. The molecule has 0 amide bonds. The van der Waals surface area contributed by atoms with Crippen molar-refractivity contribution < 1.29 is 4.39 Å². The van der Waals surface area contributed by atoms with Crippen LogP contribution in [0.3, 0.4) is 0 Å². The summed E-state index contributed by atoms with van der Waals surface area (Å²) in [7, 11) is 0. The van der Waals surface area contributed by atoms with E-state index in [1.165, 1.54) is 0 Å². The van der Waals surface area contributed by atoms with Crippen LogP contribution in [0.1, 0.15) is 0 Å². The van der Waals surface area contributed by atoms with Crippen LogP contribution in [0.5, 0.6) is 0 Å². The lowest BCUT2D eigenvalue weighted by atomic mass is 10.4. The highest BCUT2D eigenvalue weighted by Gasteiger charge is 2.01. The molecule has 9 heavy (non-hydrogen) atoms. The first-order chi connectivity index (χ1) is 4.20. The van der Waals surface area contributed by atoms with Crippen LogP contribution in [0.25, 0.3) is 0 Å². The minimum Gasteiger partial charge on any atom is -0.196 e. The van der Waals surface area contributed by atoms with E-state index in [1.54, 1.807) is 6.08 Å². The van der Waals surface area contributed by atoms with Crippen molar-refractivity contribution in [3.8, 4) is 0 Å². The first-order valence-corrected chi connectivity index (χ1v) is 4.02. The summed E-state index contributed by atoms with van der Waals surface area (Å²) in [6, 6.07) is 0. The minimum absolute atomic E-state index is 0.348. The second-order valence-electron chi connectivity index (χ2n) is 1.40. The fourth-order valence-corrected chi connectivity index (χ4v) is 1.59. The highest BCUT2D eigenvalue weighted by atomic mass is 127. The van der Waals surface area contributed by atoms with Crippen LogP contribution in [-0.2, 0) is 0 Å². The quantitative estimate of drug-likeness (QED) is 0.476. The number of hydrogen-bond donors (Lipinski definition) is 0. The molecule has 0 atom stereocenters. The number of rotatable bonds is 0. The molecular formula is C6HBrFI. The minimum atomic E-state index is -0.348. The molecule has 0 saturated carbocycles. The highest BCUT2D eigenvalue weighted by molar-refractivity contribution is 14.1. The van der Waals surface area contributed by atoms with Gasteiger partial charge in [0.2, 0.25) is 0 Å². The fourth-order valence-electron chi connectivity index (χ4n) is 0.385. The molecule has 0 heterocycles. The van der Waals surface area contributed by atoms with Gasteiger partial charge in [-0.15, -0.1) is 0 Å². The molecule has 1 rings (SSSR count). The van der Waals surface area contributed by atoms with Gasteiger partial charge in [-0.1, -0.05) is 5.73 Å². The van der Waals surface area contributed by atoms with Crippen LogP contribution in [0.2, 0.25) is 0 Å². The highest BCUT2D eigenvalue weighted by Crippen LogP contribution is 2.24. The largest absolute Gasteiger partial charge is 0.196 e. The van der Waals surface area contributed by atoms with Crippen molar-refractivity contribution in [1.29, 1.82) is 0 Å². The summed E-state index contributed by atoms with van der Waals surface area (Å²) in [6.07, 6.45) is 1.65. The molecule has 1 aliphatic rings. The van der Waals surface area contributed by atoms with Crippen LogP contribution >= 0.6 is 38.5 Å². The molecule has 0 nitrogen and oxygen atoms in total. The number of halogens is 3. The van der Waals surface area contributed by atoms with E-state index in [2.05, 4.69) is 27.4 Å². The van der Waals surface area contributed by atoms with Crippen molar-refractivity contribution in [3.05, 3.63) is 31.4 Å². The van der Waals surface area contributed by atoms with Crippen LogP contribution in [0.15, 0.2) is 31.4 Å². The zero-order valence-corrected chi connectivity index (χ0v) is 7.95. The summed E-state index contributed by atoms with van der Waals surface area (Å²) in [5, 5.41) is 0. The molecule has 0 saturated heterocycles. The average molecular weight is 299 g/mol. The molecule has 0 aromatic carbocycles. The normalized spacial score (nSPS) is 16.6. The van der Waals surface area contributed by atoms with Crippen molar-refractivity contribution >= 4 is 38.5 Å². The van der Waals surface area contributed by atoms with Gasteiger partial charge in [-0.05, 0) is 50.3 Å². The van der Waals surface area contributed by atoms with Gasteiger partial charge in [-0.25, -0.2) is 0 Å². The number of allylic oxidation sites excluding steroid dienone is 4. The molecule has 0 bridgehead atoms. The second-order valence-corrected chi connectivity index (χ2v) is 3.42. The fraction of sp³-hybridized carbons (Fsp3) is 0. The molecule has 0 spiro atoms. The van der Waals surface area contributed by atoms with Crippen LogP contribution in [0.4, 0.5) is 4.39 Å². The zero-order chi connectivity index (χ0) is 6.85. The van der Waals surface area contributed by atoms with Gasteiger partial charge in [0.25, 0.3) is 0 Å². The van der Waals surface area contributed by atoms with Gasteiger partial charge in [-0.3, -0.25) is 0 Å². The lowest BCUT2D eigenvalue weighted by molar-refractivity contribution is 0.667. The Morgan fingerprint density at radius 2 is 2.22 bits per heavy atom. The molecule has 3 heteroatoms. The Kier molecular flexibility index (Phi) is 2.30. The molecule has 0 N–H and O–H groups in total. The van der Waals surface area contributed by atoms with E-state index in [0.29, 0.717) is 3.58 Å². The Hall–Kier alpha value is 0.180. The van der Waals surface area contributed by atoms with Gasteiger partial charge < -0.3 is 0 Å². The van der Waals surface area contributed by atoms with E-state index >= 15 is 0 Å². The smallest absolute Gasteiger partial charge is 0.186 e. The third-order valence-electron chi connectivity index (χ3n) is 0.755. The van der Waals surface area contributed by atoms with Gasteiger partial charge in [0.15, 0.2) is 5.83 Å². The summed E-state index contributed by atoms with van der Waals surface area (Å²) in [4.78, 5) is 0. The second kappa shape index (κ2) is 2.84. The van der Waals surface area contributed by atoms with Crippen molar-refractivity contribution in [3.63, 3.8) is 0 Å². The lowest BCUT2D eigenvalue weighted by Gasteiger charge is -1.92. The predicted octanol–water partition coefficient (Wildman–Crippen LogP) is 3.21. The maximum absolute atomic E-state index is 12.4. The third kappa shape index (κ3) is 1.80. The van der Waals surface area contributed by atoms with Crippen LogP contribution in [-0.4, -0.2) is 0 Å². The summed E-state index contributed by atoms with van der Waals surface area (Å²) in [5.41, 5.74) is 4.87. The van der Waals surface area contributed by atoms with Gasteiger partial charge in [-0.2, -0.15) is 4.39 Å². The first-order valence-electron chi connectivity index (χ1n) is 2.14. The van der Waals surface area contributed by atoms with Gasteiger partial charge in [0, 0.05) is 0 Å². The predicted molar refractivity (Wildman–Crippen MR) is 46.2 cm³/mol. The summed E-state index contributed by atoms with van der Waals surface area (Å²) in [6.45, 7) is 0. The van der Waals surface area contributed by atoms with Crippen LogP contribution < -0.4 is 0 Å². The standard InChI is InChI=1S/C6HBrFI/c7-4-1-2-5(8)6(9)3-4/h3H. The van der Waals surface area contributed by atoms with Gasteiger partial charge >= 0.3 is 0 Å². The first kappa shape index (κ1) is 7.29. The number of hydrogen-bond acceptors (Lipinski definition) is 0. The Morgan fingerprint density at radius 3 is 2.67 bits per heavy atom. The maximum atomic E-state index is 12.4. The van der Waals surface area contributed by atoms with E-state index in [1.807, 2.05) is 22.6 Å². The SMILES string of the molecule is FC1=C=C=C(Br)C=C1I. The topological polar surface area (TPSA) is 0 Å². The van der Waals surface area contributed by atoms with E-state index in [9.17, 15) is 4.39 Å². The molecule has 0 unspecified atom stereocenters. The monoisotopic (exact) mass is 298 g/mol. The van der Waals surface area contributed by atoms with E-state index < -0.39 is 0 Å². The Bertz CT molecular complexity index is 265. The van der Waals surface area contributed by atoms with Crippen molar-refractivity contribution in [2.24, 2.45) is 0 Å². The average Bonchev–Trinajstić information content (AvgIpc) is 1.80. The van der Waals surface area contributed by atoms with E-state index in [-0.39, 0.29) is 5.83 Å².